The smallest absolute Gasteiger partial charge is 0.0386 e. The van der Waals surface area contributed by atoms with Crippen LogP contribution in [0.2, 0.25) is 0 Å². The number of unbranched alkanes of at least 4 members (excludes halogenated alkanes) is 39. The van der Waals surface area contributed by atoms with Crippen molar-refractivity contribution in [2.24, 2.45) is 11.8 Å². The van der Waals surface area contributed by atoms with E-state index >= 15 is 0 Å². The minimum atomic E-state index is 1.16. The first-order valence-electron chi connectivity index (χ1n) is 45.9. The lowest BCUT2D eigenvalue weighted by molar-refractivity contribution is 0.171. The number of hydrogen-bond donors (Lipinski definition) is 0. The molecule has 588 valence electrons. The van der Waals surface area contributed by atoms with Crippen molar-refractivity contribution in [1.29, 1.82) is 0 Å². The van der Waals surface area contributed by atoms with E-state index in [2.05, 4.69) is 180 Å². The van der Waals surface area contributed by atoms with Gasteiger partial charge in [0.25, 0.3) is 0 Å². The molecule has 0 radical (unpaired) electrons. The van der Waals surface area contributed by atoms with Crippen LogP contribution in [0.1, 0.15) is 604 Å². The Hall–Kier alpha value is 0. The molecule has 0 N–H and O–H groups in total. The Labute approximate surface area is 612 Å². The van der Waals surface area contributed by atoms with Crippen molar-refractivity contribution in [3.63, 3.8) is 0 Å². The minimum Gasteiger partial charge on any atom is -0.0654 e. The van der Waals surface area contributed by atoms with Crippen molar-refractivity contribution in [2.75, 3.05) is 0 Å². The summed E-state index contributed by atoms with van der Waals surface area (Å²) in [6, 6.07) is 0. The van der Waals surface area contributed by atoms with Gasteiger partial charge in [0.2, 0.25) is 0 Å². The van der Waals surface area contributed by atoms with Gasteiger partial charge < -0.3 is 0 Å². The third-order valence-corrected chi connectivity index (χ3v) is 17.4. The van der Waals surface area contributed by atoms with Crippen LogP contribution in [0.4, 0.5) is 0 Å². The Morgan fingerprint density at radius 1 is 0.106 bits per heavy atom. The highest BCUT2D eigenvalue weighted by atomic mass is 14.3. The van der Waals surface area contributed by atoms with Gasteiger partial charge in [-0.1, -0.05) is 604 Å². The van der Waals surface area contributed by atoms with Crippen LogP contribution in [0.15, 0.2) is 0 Å². The van der Waals surface area contributed by atoms with Crippen molar-refractivity contribution in [2.45, 2.75) is 604 Å². The molecular formula is C94H212. The van der Waals surface area contributed by atoms with Gasteiger partial charge in [-0.25, -0.2) is 0 Å². The second-order valence-electron chi connectivity index (χ2n) is 28.4. The molecule has 0 amide bonds. The maximum Gasteiger partial charge on any atom is -0.0386 e. The molecule has 0 aliphatic heterocycles. The first-order chi connectivity index (χ1) is 45.9. The molecule has 3 aliphatic rings. The number of hydrogen-bond acceptors (Lipinski definition) is 0. The fraction of sp³-hybridized carbons (Fsp3) is 1.00. The molecule has 3 rings (SSSR count). The molecular weight excluding hydrogens is 1130 g/mol. The Bertz CT molecular complexity index is 603. The Balaban J connectivity index is -0.0000000769. The van der Waals surface area contributed by atoms with E-state index in [0.717, 1.165) is 11.8 Å². The average Bonchev–Trinajstić information content (AvgIpc) is 0.985. The van der Waals surface area contributed by atoms with E-state index in [1.165, 1.54) is 398 Å². The van der Waals surface area contributed by atoms with Crippen molar-refractivity contribution in [1.82, 2.24) is 0 Å². The summed E-state index contributed by atoms with van der Waals surface area (Å²) < 4.78 is 0. The fourth-order valence-corrected chi connectivity index (χ4v) is 10.4. The van der Waals surface area contributed by atoms with E-state index in [1.807, 2.05) is 0 Å². The molecule has 0 bridgehead atoms. The lowest BCUT2D eigenvalue weighted by Crippen LogP contribution is -2.22. The molecule has 0 spiro atoms. The second kappa shape index (κ2) is 152. The zero-order valence-electron chi connectivity index (χ0n) is 73.8. The molecule has 94 heavy (non-hydrogen) atoms. The van der Waals surface area contributed by atoms with Crippen molar-refractivity contribution in [3.05, 3.63) is 0 Å². The monoisotopic (exact) mass is 1340 g/mol. The maximum atomic E-state index is 2.23. The van der Waals surface area contributed by atoms with Crippen molar-refractivity contribution >= 4 is 0 Å². The Kier molecular flexibility index (Phi) is 195. The van der Waals surface area contributed by atoms with Gasteiger partial charge >= 0.3 is 0 Å². The van der Waals surface area contributed by atoms with Gasteiger partial charge in [0.1, 0.15) is 0 Å². The summed E-state index contributed by atoms with van der Waals surface area (Å²) in [5.74, 6) is 2.31. The van der Waals surface area contributed by atoms with E-state index < -0.39 is 0 Å². The van der Waals surface area contributed by atoms with E-state index in [-0.39, 0.29) is 0 Å². The maximum absolute atomic E-state index is 2.23. The van der Waals surface area contributed by atoms with Gasteiger partial charge in [0.15, 0.2) is 0 Å². The van der Waals surface area contributed by atoms with E-state index in [9.17, 15) is 0 Å². The lowest BCUT2D eigenvalue weighted by atomic mass is 9.71. The molecule has 3 aliphatic carbocycles. The second-order valence-corrected chi connectivity index (χ2v) is 28.4. The van der Waals surface area contributed by atoms with Crippen LogP contribution in [0.5, 0.6) is 0 Å². The first kappa shape index (κ1) is 121. The van der Waals surface area contributed by atoms with Crippen LogP contribution < -0.4 is 0 Å². The Morgan fingerprint density at radius 3 is 0.223 bits per heavy atom. The van der Waals surface area contributed by atoms with Gasteiger partial charge in [0, 0.05) is 0 Å². The number of rotatable bonds is 39. The van der Waals surface area contributed by atoms with Crippen LogP contribution in [0.3, 0.4) is 0 Å². The zero-order chi connectivity index (χ0) is 73.8. The molecule has 0 aromatic rings. The highest BCUT2D eigenvalue weighted by molar-refractivity contribution is 4.78. The summed E-state index contributed by atoms with van der Waals surface area (Å²) in [7, 11) is 0. The predicted octanol–water partition coefficient (Wildman–Crippen LogP) is 39.3. The lowest BCUT2D eigenvalue weighted by Gasteiger charge is -2.35. The third kappa shape index (κ3) is 192. The third-order valence-electron chi connectivity index (χ3n) is 17.4. The molecule has 0 atom stereocenters. The van der Waals surface area contributed by atoms with Gasteiger partial charge in [-0.05, 0) is 11.8 Å². The molecule has 0 nitrogen and oxygen atoms in total. The highest BCUT2D eigenvalue weighted by Crippen LogP contribution is 2.40. The highest BCUT2D eigenvalue weighted by Gasteiger charge is 2.26. The van der Waals surface area contributed by atoms with E-state index in [4.69, 9.17) is 0 Å². The van der Waals surface area contributed by atoms with Crippen LogP contribution >= 0.6 is 0 Å². The molecule has 0 unspecified atom stereocenters. The largest absolute Gasteiger partial charge is 0.0654 e. The predicted molar refractivity (Wildman–Crippen MR) is 459 cm³/mol. The van der Waals surface area contributed by atoms with Crippen LogP contribution in [-0.4, -0.2) is 0 Å². The van der Waals surface area contributed by atoms with Crippen LogP contribution in [0.25, 0.3) is 0 Å². The number of fused-ring (bicyclic) bond motifs is 1. The Morgan fingerprint density at radius 2 is 0.170 bits per heavy atom. The van der Waals surface area contributed by atoms with Gasteiger partial charge in [0.05, 0.1) is 0 Å². The fourth-order valence-electron chi connectivity index (χ4n) is 10.4. The van der Waals surface area contributed by atoms with Gasteiger partial charge in [-0.2, -0.15) is 0 Å². The van der Waals surface area contributed by atoms with Crippen molar-refractivity contribution < 1.29 is 0 Å². The molecule has 3 fully saturated rings. The molecule has 0 heterocycles. The normalized spacial score (nSPS) is 13.3. The topological polar surface area (TPSA) is 0 Å². The summed E-state index contributed by atoms with van der Waals surface area (Å²) in [5.41, 5.74) is 0. The standard InChI is InChI=1S/C10H18.C6H12.13C6H14/c1-2-6-10-8-4-3-7-9(10)5-1;1-2-4-6-5-3-1;13*1-3-5-6-4-2/h9-10H,1-8H2;1-6H2;13*3-6H2,1-2H3. The molecule has 0 heteroatoms. The summed E-state index contributed by atoms with van der Waals surface area (Å²) in [6.07, 6.45) is 93.3. The minimum absolute atomic E-state index is 1.16. The summed E-state index contributed by atoms with van der Waals surface area (Å²) in [4.78, 5) is 0. The average molecular weight is 1340 g/mol. The zero-order valence-corrected chi connectivity index (χ0v) is 73.8. The van der Waals surface area contributed by atoms with Crippen molar-refractivity contribution in [3.8, 4) is 0 Å². The molecule has 0 aromatic carbocycles. The molecule has 0 aromatic heterocycles. The van der Waals surface area contributed by atoms with Crippen LogP contribution in [-0.2, 0) is 0 Å². The first-order valence-corrected chi connectivity index (χ1v) is 45.9. The van der Waals surface area contributed by atoms with E-state index in [0.29, 0.717) is 0 Å². The SMILES string of the molecule is C1CCC2CCCCC2C1.C1CCCCC1.CCCCCC.CCCCCC.CCCCCC.CCCCCC.CCCCCC.CCCCCC.CCCCCC.CCCCCC.CCCCCC.CCCCCC.CCCCCC.CCCCCC.CCCCCC. The summed E-state index contributed by atoms with van der Waals surface area (Å²) in [6.45, 7) is 58.0. The van der Waals surface area contributed by atoms with E-state index in [1.54, 1.807) is 25.7 Å². The van der Waals surface area contributed by atoms with Crippen LogP contribution in [0, 0.1) is 11.8 Å². The van der Waals surface area contributed by atoms with Gasteiger partial charge in [-0.3, -0.25) is 0 Å². The summed E-state index contributed by atoms with van der Waals surface area (Å²) in [5, 5.41) is 0. The summed E-state index contributed by atoms with van der Waals surface area (Å²) >= 11 is 0. The quantitative estimate of drug-likeness (QED) is 0.0538. The molecule has 3 saturated carbocycles. The van der Waals surface area contributed by atoms with Gasteiger partial charge in [-0.15, -0.1) is 0 Å². The molecule has 0 saturated heterocycles.